The number of hydrogen-bond acceptors (Lipinski definition) is 4. The van der Waals surface area contributed by atoms with Crippen molar-refractivity contribution in [2.45, 2.75) is 26.1 Å². The zero-order valence-corrected chi connectivity index (χ0v) is 12.0. The second-order valence-electron chi connectivity index (χ2n) is 4.43. The lowest BCUT2D eigenvalue weighted by Gasteiger charge is -2.27. The maximum Gasteiger partial charge on any atom is 0.409 e. The van der Waals surface area contributed by atoms with Gasteiger partial charge in [-0.15, -0.1) is 0 Å². The van der Waals surface area contributed by atoms with Crippen LogP contribution in [0.5, 0.6) is 5.75 Å². The van der Waals surface area contributed by atoms with Crippen LogP contribution >= 0.6 is 0 Å². The summed E-state index contributed by atoms with van der Waals surface area (Å²) in [5.41, 5.74) is 0.245. The lowest BCUT2D eigenvalue weighted by Crippen LogP contribution is -2.45. The molecule has 0 aromatic heterocycles. The van der Waals surface area contributed by atoms with E-state index in [0.29, 0.717) is 5.75 Å². The molecule has 118 valence electrons. The smallest absolute Gasteiger partial charge is 0.409 e. The third kappa shape index (κ3) is 4.84. The van der Waals surface area contributed by atoms with Crippen molar-refractivity contribution in [1.29, 1.82) is 0 Å². The minimum absolute atomic E-state index is 0.0380. The van der Waals surface area contributed by atoms with E-state index in [9.17, 15) is 18.0 Å². The number of carbonyl (C=O) groups is 1. The van der Waals surface area contributed by atoms with E-state index in [1.54, 1.807) is 6.92 Å². The van der Waals surface area contributed by atoms with Gasteiger partial charge in [0.25, 0.3) is 0 Å². The fourth-order valence-electron chi connectivity index (χ4n) is 1.77. The summed E-state index contributed by atoms with van der Waals surface area (Å²) in [5, 5.41) is 2.33. The van der Waals surface area contributed by atoms with Gasteiger partial charge in [-0.25, -0.2) is 0 Å². The predicted octanol–water partition coefficient (Wildman–Crippen LogP) is 3.24. The molecule has 0 fully saturated rings. The highest BCUT2D eigenvalue weighted by molar-refractivity contribution is 5.73. The number of halogens is 3. The Kier molecular flexibility index (Phi) is 5.87. The number of anilines is 1. The Balaban J connectivity index is 2.90. The van der Waals surface area contributed by atoms with Gasteiger partial charge in [-0.2, -0.15) is 13.2 Å². The summed E-state index contributed by atoms with van der Waals surface area (Å²) >= 11 is 0. The number of methoxy groups -OCH3 is 1. The first-order valence-corrected chi connectivity index (χ1v) is 6.43. The minimum atomic E-state index is -4.58. The molecule has 2 atom stereocenters. The Hall–Kier alpha value is -1.92. The third-order valence-corrected chi connectivity index (χ3v) is 2.92. The van der Waals surface area contributed by atoms with E-state index in [4.69, 9.17) is 4.74 Å². The molecule has 0 saturated carbocycles. The normalized spacial score (nSPS) is 14.2. The molecule has 0 amide bonds. The Bertz CT molecular complexity index is 460. The van der Waals surface area contributed by atoms with Crippen LogP contribution in [0.15, 0.2) is 24.3 Å². The fourth-order valence-corrected chi connectivity index (χ4v) is 1.77. The molecule has 0 aliphatic rings. The zero-order chi connectivity index (χ0) is 16.0. The highest BCUT2D eigenvalue weighted by Gasteiger charge is 2.46. The molecule has 1 aromatic carbocycles. The van der Waals surface area contributed by atoms with Gasteiger partial charge in [0.15, 0.2) is 0 Å². The van der Waals surface area contributed by atoms with Crippen molar-refractivity contribution in [3.05, 3.63) is 24.3 Å². The molecule has 0 bridgehead atoms. The van der Waals surface area contributed by atoms with Crippen LogP contribution in [0.1, 0.15) is 13.8 Å². The lowest BCUT2D eigenvalue weighted by molar-refractivity contribution is -0.171. The van der Waals surface area contributed by atoms with Crippen molar-refractivity contribution >= 4 is 11.7 Å². The number of nitrogens with one attached hydrogen (secondary N) is 1. The molecule has 7 heteroatoms. The molecule has 4 nitrogen and oxygen atoms in total. The number of rotatable bonds is 6. The van der Waals surface area contributed by atoms with Gasteiger partial charge in [0.1, 0.15) is 11.8 Å². The van der Waals surface area contributed by atoms with Crippen LogP contribution in [-0.4, -0.2) is 31.9 Å². The van der Waals surface area contributed by atoms with E-state index in [2.05, 4.69) is 10.1 Å². The number of carbonyl (C=O) groups excluding carboxylic acids is 1. The van der Waals surface area contributed by atoms with Crippen molar-refractivity contribution in [2.75, 3.05) is 19.0 Å². The summed E-state index contributed by atoms with van der Waals surface area (Å²) < 4.78 is 48.9. The average molecular weight is 305 g/mol. The maximum atomic E-state index is 13.1. The predicted molar refractivity (Wildman–Crippen MR) is 72.3 cm³/mol. The second kappa shape index (κ2) is 7.19. The minimum Gasteiger partial charge on any atom is -0.497 e. The fraction of sp³-hybridized carbons (Fsp3) is 0.500. The monoisotopic (exact) mass is 305 g/mol. The number of hydrogen-bond donors (Lipinski definition) is 1. The molecular formula is C14H18F3NO3. The van der Waals surface area contributed by atoms with Crippen LogP contribution in [-0.2, 0) is 9.53 Å². The van der Waals surface area contributed by atoms with E-state index >= 15 is 0 Å². The first-order valence-electron chi connectivity index (χ1n) is 6.43. The maximum absolute atomic E-state index is 13.1. The molecule has 0 radical (unpaired) electrons. The quantitative estimate of drug-likeness (QED) is 0.820. The van der Waals surface area contributed by atoms with Crippen LogP contribution in [0.2, 0.25) is 0 Å². The topological polar surface area (TPSA) is 47.6 Å². The number of benzene rings is 1. The SMILES string of the molecule is CCOC(=O)[C@@H](C)[C@H](Nc1ccc(OC)cc1)C(F)(F)F. The van der Waals surface area contributed by atoms with Gasteiger partial charge in [-0.3, -0.25) is 4.79 Å². The van der Waals surface area contributed by atoms with E-state index in [1.165, 1.54) is 38.3 Å². The molecule has 0 spiro atoms. The average Bonchev–Trinajstić information content (AvgIpc) is 2.43. The van der Waals surface area contributed by atoms with Crippen LogP contribution in [0.4, 0.5) is 18.9 Å². The van der Waals surface area contributed by atoms with Gasteiger partial charge >= 0.3 is 12.1 Å². The first kappa shape index (κ1) is 17.1. The summed E-state index contributed by atoms with van der Waals surface area (Å²) in [6.07, 6.45) is -4.58. The largest absolute Gasteiger partial charge is 0.497 e. The Morgan fingerprint density at radius 2 is 1.86 bits per heavy atom. The van der Waals surface area contributed by atoms with Crippen LogP contribution in [0.3, 0.4) is 0 Å². The van der Waals surface area contributed by atoms with E-state index < -0.39 is 24.1 Å². The van der Waals surface area contributed by atoms with Crippen LogP contribution < -0.4 is 10.1 Å². The van der Waals surface area contributed by atoms with Gasteiger partial charge < -0.3 is 14.8 Å². The van der Waals surface area contributed by atoms with E-state index in [0.717, 1.165) is 0 Å². The Morgan fingerprint density at radius 1 is 1.29 bits per heavy atom. The van der Waals surface area contributed by atoms with Crippen LogP contribution in [0.25, 0.3) is 0 Å². The third-order valence-electron chi connectivity index (χ3n) is 2.92. The molecule has 0 heterocycles. The first-order chi connectivity index (χ1) is 9.79. The lowest BCUT2D eigenvalue weighted by atomic mass is 10.0. The number of esters is 1. The van der Waals surface area contributed by atoms with Gasteiger partial charge in [-0.1, -0.05) is 0 Å². The van der Waals surface area contributed by atoms with Crippen molar-refractivity contribution < 1.29 is 27.4 Å². The Morgan fingerprint density at radius 3 is 2.29 bits per heavy atom. The molecule has 0 aliphatic heterocycles. The summed E-state index contributed by atoms with van der Waals surface area (Å²) in [7, 11) is 1.46. The molecular weight excluding hydrogens is 287 g/mol. The highest BCUT2D eigenvalue weighted by Crippen LogP contribution is 2.30. The standard InChI is InChI=1S/C14H18F3NO3/c1-4-21-13(19)9(2)12(14(15,16)17)18-10-5-7-11(20-3)8-6-10/h5-9,12,18H,4H2,1-3H3/t9-,12-/m0/s1. The number of alkyl halides is 3. The zero-order valence-electron chi connectivity index (χ0n) is 12.0. The van der Waals surface area contributed by atoms with Gasteiger partial charge in [0.2, 0.25) is 0 Å². The van der Waals surface area contributed by atoms with Gasteiger partial charge in [0.05, 0.1) is 19.6 Å². The number of ether oxygens (including phenoxy) is 2. The summed E-state index contributed by atoms with van der Waals surface area (Å²) in [5.74, 6) is -1.71. The molecule has 0 aliphatic carbocycles. The molecule has 0 unspecified atom stereocenters. The summed E-state index contributed by atoms with van der Waals surface area (Å²) in [4.78, 5) is 11.5. The van der Waals surface area contributed by atoms with Crippen LogP contribution in [0, 0.1) is 5.92 Å². The van der Waals surface area contributed by atoms with Crippen molar-refractivity contribution in [3.8, 4) is 5.75 Å². The molecule has 1 N–H and O–H groups in total. The van der Waals surface area contributed by atoms with Gasteiger partial charge in [-0.05, 0) is 38.1 Å². The van der Waals surface area contributed by atoms with Gasteiger partial charge in [0, 0.05) is 5.69 Å². The van der Waals surface area contributed by atoms with Crippen molar-refractivity contribution in [3.63, 3.8) is 0 Å². The Labute approximate surface area is 121 Å². The summed E-state index contributed by atoms with van der Waals surface area (Å²) in [6, 6.07) is 3.95. The molecule has 0 saturated heterocycles. The van der Waals surface area contributed by atoms with E-state index in [-0.39, 0.29) is 12.3 Å². The summed E-state index contributed by atoms with van der Waals surface area (Å²) in [6.45, 7) is 2.77. The van der Waals surface area contributed by atoms with Crippen molar-refractivity contribution in [2.24, 2.45) is 5.92 Å². The highest BCUT2D eigenvalue weighted by atomic mass is 19.4. The van der Waals surface area contributed by atoms with E-state index in [1.807, 2.05) is 0 Å². The van der Waals surface area contributed by atoms with Crippen molar-refractivity contribution in [1.82, 2.24) is 0 Å². The second-order valence-corrected chi connectivity index (χ2v) is 4.43. The molecule has 1 rings (SSSR count). The molecule has 21 heavy (non-hydrogen) atoms. The molecule has 1 aromatic rings.